The molecule has 1 aromatic carbocycles. The molecule has 0 aromatic heterocycles. The van der Waals surface area contributed by atoms with Crippen molar-refractivity contribution in [2.75, 3.05) is 5.32 Å². The number of nitrogens with two attached hydrogens (primary N) is 1. The van der Waals surface area contributed by atoms with Gasteiger partial charge in [0.2, 0.25) is 11.8 Å². The number of nitrogens with one attached hydrogen (secondary N) is 2. The molecule has 1 aromatic rings. The third-order valence-corrected chi connectivity index (χ3v) is 6.79. The van der Waals surface area contributed by atoms with E-state index in [2.05, 4.69) is 16.9 Å². The van der Waals surface area contributed by atoms with Crippen LogP contribution in [0.2, 0.25) is 0 Å². The van der Waals surface area contributed by atoms with E-state index >= 15 is 0 Å². The first kappa shape index (κ1) is 23.7. The highest BCUT2D eigenvalue weighted by Gasteiger charge is 2.36. The number of halogens is 3. The number of alkyl halides is 3. The molecule has 0 saturated heterocycles. The Morgan fingerprint density at radius 1 is 1.40 bits per heavy atom. The molecule has 0 radical (unpaired) electrons. The molecule has 0 aliphatic heterocycles. The molecule has 11 heteroatoms. The number of nitrogens with zero attached hydrogens (tertiary/aromatic N) is 1. The Bertz CT molecular complexity index is 935. The first-order valence-electron chi connectivity index (χ1n) is 9.13. The van der Waals surface area contributed by atoms with Crippen molar-refractivity contribution in [2.24, 2.45) is 10.7 Å². The SMILES string of the molecule is C=C/C(=C(\N=C(/N)Nc1ccc(S(=N)(=O)C2CC2)cc1)O[C@H](C)[C@@H](C)O)C(F)(F)F. The van der Waals surface area contributed by atoms with E-state index in [1.807, 2.05) is 0 Å². The van der Waals surface area contributed by atoms with Crippen LogP contribution in [0, 0.1) is 4.78 Å². The minimum Gasteiger partial charge on any atom is -0.471 e. The summed E-state index contributed by atoms with van der Waals surface area (Å²) >= 11 is 0. The van der Waals surface area contributed by atoms with Crippen LogP contribution in [0.15, 0.2) is 58.3 Å². The zero-order valence-corrected chi connectivity index (χ0v) is 17.4. The van der Waals surface area contributed by atoms with Crippen molar-refractivity contribution in [2.45, 2.75) is 55.2 Å². The molecular weight excluding hydrogens is 421 g/mol. The molecule has 0 bridgehead atoms. The summed E-state index contributed by atoms with van der Waals surface area (Å²) in [6.45, 7) is 5.90. The van der Waals surface area contributed by atoms with Crippen LogP contribution >= 0.6 is 0 Å². The second-order valence-corrected chi connectivity index (χ2v) is 9.27. The summed E-state index contributed by atoms with van der Waals surface area (Å²) in [6, 6.07) is 6.04. The Morgan fingerprint density at radius 3 is 2.40 bits per heavy atom. The number of guanidine groups is 1. The van der Waals surface area contributed by atoms with Gasteiger partial charge in [-0.2, -0.15) is 18.2 Å². The van der Waals surface area contributed by atoms with E-state index in [9.17, 15) is 22.5 Å². The van der Waals surface area contributed by atoms with Crippen LogP contribution in [-0.2, 0) is 14.5 Å². The highest BCUT2D eigenvalue weighted by Crippen LogP contribution is 2.34. The van der Waals surface area contributed by atoms with Crippen LogP contribution in [0.5, 0.6) is 0 Å². The van der Waals surface area contributed by atoms with Crippen LogP contribution in [0.3, 0.4) is 0 Å². The number of aliphatic hydroxyl groups excluding tert-OH is 1. The average Bonchev–Trinajstić information content (AvgIpc) is 3.46. The van der Waals surface area contributed by atoms with Crippen molar-refractivity contribution in [3.63, 3.8) is 0 Å². The number of aliphatic hydroxyl groups is 1. The van der Waals surface area contributed by atoms with Crippen molar-refractivity contribution in [3.8, 4) is 0 Å². The van der Waals surface area contributed by atoms with Crippen LogP contribution < -0.4 is 11.1 Å². The van der Waals surface area contributed by atoms with E-state index in [1.54, 1.807) is 0 Å². The van der Waals surface area contributed by atoms with Crippen molar-refractivity contribution in [3.05, 3.63) is 48.4 Å². The molecule has 1 fully saturated rings. The lowest BCUT2D eigenvalue weighted by atomic mass is 10.2. The Morgan fingerprint density at radius 2 is 1.97 bits per heavy atom. The van der Waals surface area contributed by atoms with Crippen molar-refractivity contribution in [1.29, 1.82) is 4.78 Å². The molecule has 0 heterocycles. The van der Waals surface area contributed by atoms with Crippen LogP contribution in [0.4, 0.5) is 18.9 Å². The molecule has 1 saturated carbocycles. The summed E-state index contributed by atoms with van der Waals surface area (Å²) < 4.78 is 65.4. The van der Waals surface area contributed by atoms with E-state index in [4.69, 9.17) is 15.3 Å². The molecule has 2 rings (SSSR count). The number of aliphatic imine (C=N–C) groups is 1. The summed E-state index contributed by atoms with van der Waals surface area (Å²) in [5.41, 5.74) is 4.88. The largest absolute Gasteiger partial charge is 0.471 e. The second kappa shape index (κ2) is 9.09. The number of hydrogen-bond acceptors (Lipinski definition) is 5. The van der Waals surface area contributed by atoms with Gasteiger partial charge < -0.3 is 20.9 Å². The predicted octanol–water partition coefficient (Wildman–Crippen LogP) is 3.73. The van der Waals surface area contributed by atoms with E-state index in [0.717, 1.165) is 12.8 Å². The fraction of sp³-hybridized carbons (Fsp3) is 0.421. The van der Waals surface area contributed by atoms with Gasteiger partial charge in [-0.25, -0.2) is 8.99 Å². The summed E-state index contributed by atoms with van der Waals surface area (Å²) in [5.74, 6) is -1.23. The molecule has 0 spiro atoms. The van der Waals surface area contributed by atoms with Gasteiger partial charge in [-0.1, -0.05) is 12.7 Å². The van der Waals surface area contributed by atoms with E-state index in [0.29, 0.717) is 16.7 Å². The highest BCUT2D eigenvalue weighted by molar-refractivity contribution is 7.93. The van der Waals surface area contributed by atoms with Gasteiger partial charge in [0.05, 0.1) is 15.8 Å². The van der Waals surface area contributed by atoms with Gasteiger partial charge in [0.1, 0.15) is 11.7 Å². The lowest BCUT2D eigenvalue weighted by Gasteiger charge is -2.20. The lowest BCUT2D eigenvalue weighted by molar-refractivity contribution is -0.0940. The number of benzene rings is 1. The highest BCUT2D eigenvalue weighted by atomic mass is 32.2. The molecule has 30 heavy (non-hydrogen) atoms. The first-order valence-corrected chi connectivity index (χ1v) is 10.8. The predicted molar refractivity (Wildman–Crippen MR) is 109 cm³/mol. The number of rotatable bonds is 8. The van der Waals surface area contributed by atoms with Gasteiger partial charge in [0, 0.05) is 15.8 Å². The van der Waals surface area contributed by atoms with Gasteiger partial charge in [-0.15, -0.1) is 0 Å². The molecule has 3 atom stereocenters. The van der Waals surface area contributed by atoms with Crippen LogP contribution in [-0.4, -0.2) is 38.9 Å². The van der Waals surface area contributed by atoms with Crippen molar-refractivity contribution in [1.82, 2.24) is 0 Å². The first-order chi connectivity index (χ1) is 13.9. The molecule has 166 valence electrons. The number of allylic oxidation sites excluding steroid dienone is 2. The summed E-state index contributed by atoms with van der Waals surface area (Å²) in [6.07, 6.45) is -4.76. The smallest absolute Gasteiger partial charge is 0.421 e. The Hall–Kier alpha value is -2.53. The summed E-state index contributed by atoms with van der Waals surface area (Å²) in [7, 11) is -2.86. The maximum absolute atomic E-state index is 13.3. The van der Waals surface area contributed by atoms with E-state index in [-0.39, 0.29) is 5.25 Å². The van der Waals surface area contributed by atoms with Crippen molar-refractivity contribution < 1.29 is 27.2 Å². The summed E-state index contributed by atoms with van der Waals surface area (Å²) in [5, 5.41) is 12.0. The zero-order chi connectivity index (χ0) is 22.7. The van der Waals surface area contributed by atoms with E-state index < -0.39 is 45.5 Å². The van der Waals surface area contributed by atoms with Crippen molar-refractivity contribution >= 4 is 21.4 Å². The Kier molecular flexibility index (Phi) is 7.19. The zero-order valence-electron chi connectivity index (χ0n) is 16.6. The molecular formula is C19H25F3N4O3S. The fourth-order valence-corrected chi connectivity index (χ4v) is 4.09. The monoisotopic (exact) mass is 446 g/mol. The van der Waals surface area contributed by atoms with Gasteiger partial charge in [0.15, 0.2) is 0 Å². The molecule has 1 aliphatic rings. The standard InChI is InChI=1S/C19H25F3N4O3S/c1-4-16(19(20,21)22)17(29-12(3)11(2)27)26-18(23)25-13-5-7-14(8-6-13)30(24,28)15-9-10-15/h4-8,11-12,15,24,27H,1,9-10H2,2-3H3,(H3,23,25,26)/b17-16-/t11-,12-,30?/m1/s1. The lowest BCUT2D eigenvalue weighted by Crippen LogP contribution is -2.27. The molecule has 7 nitrogen and oxygen atoms in total. The normalized spacial score (nSPS) is 19.9. The maximum atomic E-state index is 13.3. The Balaban J connectivity index is 2.28. The number of anilines is 1. The third kappa shape index (κ3) is 5.99. The van der Waals surface area contributed by atoms with Crippen LogP contribution in [0.1, 0.15) is 26.7 Å². The van der Waals surface area contributed by atoms with Crippen LogP contribution in [0.25, 0.3) is 0 Å². The molecule has 1 aliphatic carbocycles. The quantitative estimate of drug-likeness (QED) is 0.210. The van der Waals surface area contributed by atoms with Gasteiger partial charge in [0.25, 0.3) is 0 Å². The fourth-order valence-electron chi connectivity index (χ4n) is 2.37. The molecule has 0 amide bonds. The topological polar surface area (TPSA) is 121 Å². The second-order valence-electron chi connectivity index (χ2n) is 6.93. The minimum absolute atomic E-state index is 0.136. The van der Waals surface area contributed by atoms with Gasteiger partial charge in [-0.3, -0.25) is 0 Å². The minimum atomic E-state index is -4.79. The number of ether oxygens (including phenoxy) is 1. The molecule has 5 N–H and O–H groups in total. The van der Waals surface area contributed by atoms with Gasteiger partial charge >= 0.3 is 6.18 Å². The molecule has 1 unspecified atom stereocenters. The third-order valence-electron chi connectivity index (χ3n) is 4.41. The average molecular weight is 446 g/mol. The number of hydrogen-bond donors (Lipinski definition) is 4. The van der Waals surface area contributed by atoms with Gasteiger partial charge in [-0.05, 0) is 51.0 Å². The van der Waals surface area contributed by atoms with E-state index in [1.165, 1.54) is 38.1 Å². The summed E-state index contributed by atoms with van der Waals surface area (Å²) in [4.78, 5) is 4.07. The Labute approximate surface area is 173 Å². The maximum Gasteiger partial charge on any atom is 0.421 e.